The lowest BCUT2D eigenvalue weighted by molar-refractivity contribution is 0.101. The second-order valence-corrected chi connectivity index (χ2v) is 9.40. The zero-order valence-electron chi connectivity index (χ0n) is 15.7. The number of hydrogen-bond acceptors (Lipinski definition) is 7. The predicted octanol–water partition coefficient (Wildman–Crippen LogP) is 1.62. The summed E-state index contributed by atoms with van der Waals surface area (Å²) in [6.07, 6.45) is 1.16. The Bertz CT molecular complexity index is 1030. The van der Waals surface area contributed by atoms with Gasteiger partial charge in [0.2, 0.25) is 10.0 Å². The summed E-state index contributed by atoms with van der Waals surface area (Å²) in [7, 11) is -7.54. The predicted molar refractivity (Wildman–Crippen MR) is 105 cm³/mol. The number of carbonyl (C=O) groups excluding carboxylic acids is 1. The Labute approximate surface area is 164 Å². The SMILES string of the molecule is CCN(CC)S(=O)(=O)c1ccc(NNS(=O)(=O)c2ccc(C(C)=O)cc2)nc1. The fraction of sp³-hybridized carbons (Fsp3) is 0.294. The van der Waals surface area contributed by atoms with E-state index in [-0.39, 0.29) is 21.4 Å². The van der Waals surface area contributed by atoms with Gasteiger partial charge in [-0.15, -0.1) is 4.83 Å². The Morgan fingerprint density at radius 2 is 1.54 bits per heavy atom. The first-order valence-electron chi connectivity index (χ1n) is 8.46. The van der Waals surface area contributed by atoms with Gasteiger partial charge in [0.15, 0.2) is 5.78 Å². The summed E-state index contributed by atoms with van der Waals surface area (Å²) < 4.78 is 50.7. The van der Waals surface area contributed by atoms with Crippen molar-refractivity contribution in [1.82, 2.24) is 14.1 Å². The third kappa shape index (κ3) is 4.93. The van der Waals surface area contributed by atoms with Crippen LogP contribution in [-0.4, -0.2) is 45.0 Å². The van der Waals surface area contributed by atoms with E-state index in [1.54, 1.807) is 13.8 Å². The average molecular weight is 427 g/mol. The summed E-state index contributed by atoms with van der Waals surface area (Å²) >= 11 is 0. The molecule has 0 saturated carbocycles. The highest BCUT2D eigenvalue weighted by Crippen LogP contribution is 2.16. The zero-order valence-corrected chi connectivity index (χ0v) is 17.3. The molecule has 152 valence electrons. The third-order valence-electron chi connectivity index (χ3n) is 3.96. The summed E-state index contributed by atoms with van der Waals surface area (Å²) in [5, 5.41) is 0. The molecule has 0 spiro atoms. The Balaban J connectivity index is 2.11. The summed E-state index contributed by atoms with van der Waals surface area (Å²) in [6, 6.07) is 8.17. The van der Waals surface area contributed by atoms with E-state index in [1.165, 1.54) is 47.6 Å². The minimum atomic E-state index is -3.90. The summed E-state index contributed by atoms with van der Waals surface area (Å²) in [5.74, 6) is -0.0404. The van der Waals surface area contributed by atoms with Crippen LogP contribution in [-0.2, 0) is 20.0 Å². The number of hydrazine groups is 1. The number of Topliss-reactive ketones (excluding diaryl/α,β-unsaturated/α-hetero) is 1. The second kappa shape index (κ2) is 8.78. The van der Waals surface area contributed by atoms with Gasteiger partial charge in [-0.3, -0.25) is 10.2 Å². The summed E-state index contributed by atoms with van der Waals surface area (Å²) in [6.45, 7) is 5.53. The number of anilines is 1. The van der Waals surface area contributed by atoms with E-state index in [0.29, 0.717) is 18.7 Å². The van der Waals surface area contributed by atoms with E-state index in [4.69, 9.17) is 0 Å². The van der Waals surface area contributed by atoms with Crippen molar-refractivity contribution in [3.8, 4) is 0 Å². The van der Waals surface area contributed by atoms with Gasteiger partial charge in [0.25, 0.3) is 10.0 Å². The highest BCUT2D eigenvalue weighted by molar-refractivity contribution is 7.89. The van der Waals surface area contributed by atoms with Crippen molar-refractivity contribution in [1.29, 1.82) is 0 Å². The average Bonchev–Trinajstić information content (AvgIpc) is 2.67. The molecule has 28 heavy (non-hydrogen) atoms. The van der Waals surface area contributed by atoms with Crippen LogP contribution in [0.3, 0.4) is 0 Å². The zero-order chi connectivity index (χ0) is 20.9. The van der Waals surface area contributed by atoms with Crippen LogP contribution in [0.2, 0.25) is 0 Å². The largest absolute Gasteiger partial charge is 0.295 e. The summed E-state index contributed by atoms with van der Waals surface area (Å²) in [4.78, 5) is 17.3. The molecule has 1 aromatic heterocycles. The van der Waals surface area contributed by atoms with Crippen LogP contribution in [0.4, 0.5) is 5.82 Å². The molecular weight excluding hydrogens is 404 g/mol. The molecule has 1 heterocycles. The van der Waals surface area contributed by atoms with Gasteiger partial charge < -0.3 is 0 Å². The van der Waals surface area contributed by atoms with Gasteiger partial charge in [-0.25, -0.2) is 21.8 Å². The number of ketones is 1. The first-order chi connectivity index (χ1) is 13.1. The van der Waals surface area contributed by atoms with Gasteiger partial charge in [-0.1, -0.05) is 26.0 Å². The quantitative estimate of drug-likeness (QED) is 0.461. The van der Waals surface area contributed by atoms with Crippen LogP contribution in [0.5, 0.6) is 0 Å². The monoisotopic (exact) mass is 426 g/mol. The van der Waals surface area contributed by atoms with Crippen molar-refractivity contribution >= 4 is 31.6 Å². The van der Waals surface area contributed by atoms with Crippen LogP contribution < -0.4 is 10.3 Å². The highest BCUT2D eigenvalue weighted by atomic mass is 32.2. The Kier molecular flexibility index (Phi) is 6.88. The van der Waals surface area contributed by atoms with Gasteiger partial charge >= 0.3 is 0 Å². The Hall–Kier alpha value is -2.34. The first-order valence-corrected chi connectivity index (χ1v) is 11.4. The molecule has 2 N–H and O–H groups in total. The van der Waals surface area contributed by atoms with Crippen molar-refractivity contribution < 1.29 is 21.6 Å². The molecule has 0 unspecified atom stereocenters. The lowest BCUT2D eigenvalue weighted by Crippen LogP contribution is -2.31. The van der Waals surface area contributed by atoms with Crippen molar-refractivity contribution in [2.45, 2.75) is 30.6 Å². The molecule has 0 saturated heterocycles. The number of aromatic nitrogens is 1. The lowest BCUT2D eigenvalue weighted by atomic mass is 10.2. The van der Waals surface area contributed by atoms with Crippen LogP contribution in [0.25, 0.3) is 0 Å². The molecule has 0 fully saturated rings. The number of rotatable bonds is 9. The molecule has 0 aliphatic heterocycles. The molecule has 1 aromatic carbocycles. The van der Waals surface area contributed by atoms with E-state index in [2.05, 4.69) is 15.2 Å². The van der Waals surface area contributed by atoms with E-state index in [0.717, 1.165) is 6.20 Å². The fourth-order valence-electron chi connectivity index (χ4n) is 2.37. The van der Waals surface area contributed by atoms with Gasteiger partial charge in [0, 0.05) is 24.8 Å². The van der Waals surface area contributed by atoms with Crippen molar-refractivity contribution in [3.05, 3.63) is 48.2 Å². The highest BCUT2D eigenvalue weighted by Gasteiger charge is 2.22. The van der Waals surface area contributed by atoms with E-state index < -0.39 is 20.0 Å². The normalized spacial score (nSPS) is 12.1. The number of nitrogens with zero attached hydrogens (tertiary/aromatic N) is 2. The molecule has 11 heteroatoms. The van der Waals surface area contributed by atoms with E-state index >= 15 is 0 Å². The minimum Gasteiger partial charge on any atom is -0.295 e. The van der Waals surface area contributed by atoms with Crippen LogP contribution >= 0.6 is 0 Å². The van der Waals surface area contributed by atoms with Gasteiger partial charge in [0.1, 0.15) is 10.7 Å². The standard InChI is InChI=1S/C17H22N4O5S2/c1-4-21(5-2)28(25,26)16-10-11-17(18-12-16)19-20-27(23,24)15-8-6-14(7-9-15)13(3)22/h6-12,20H,4-5H2,1-3H3,(H,18,19). The maximum absolute atomic E-state index is 12.4. The molecule has 0 atom stereocenters. The van der Waals surface area contributed by atoms with Crippen molar-refractivity contribution in [2.75, 3.05) is 18.5 Å². The first kappa shape index (κ1) is 22.0. The topological polar surface area (TPSA) is 126 Å². The molecule has 0 bridgehead atoms. The van der Waals surface area contributed by atoms with Gasteiger partial charge in [-0.05, 0) is 31.2 Å². The van der Waals surface area contributed by atoms with E-state index in [9.17, 15) is 21.6 Å². The molecule has 9 nitrogen and oxygen atoms in total. The fourth-order valence-corrected chi connectivity index (χ4v) is 4.62. The molecule has 2 aromatic rings. The van der Waals surface area contributed by atoms with Gasteiger partial charge in [0.05, 0.1) is 4.90 Å². The Morgan fingerprint density at radius 3 is 2.00 bits per heavy atom. The molecule has 0 aliphatic rings. The molecule has 0 radical (unpaired) electrons. The smallest absolute Gasteiger partial charge is 0.257 e. The molecule has 0 aliphatic carbocycles. The maximum atomic E-state index is 12.4. The van der Waals surface area contributed by atoms with Crippen LogP contribution in [0.1, 0.15) is 31.1 Å². The molecule has 0 amide bonds. The van der Waals surface area contributed by atoms with Crippen LogP contribution in [0.15, 0.2) is 52.4 Å². The number of benzene rings is 1. The number of pyridine rings is 1. The van der Waals surface area contributed by atoms with E-state index in [1.807, 2.05) is 0 Å². The third-order valence-corrected chi connectivity index (χ3v) is 7.26. The molecule has 2 rings (SSSR count). The van der Waals surface area contributed by atoms with Crippen LogP contribution in [0, 0.1) is 0 Å². The minimum absolute atomic E-state index is 0.0180. The van der Waals surface area contributed by atoms with Crippen molar-refractivity contribution in [2.24, 2.45) is 0 Å². The van der Waals surface area contributed by atoms with Crippen molar-refractivity contribution in [3.63, 3.8) is 0 Å². The molecular formula is C17H22N4O5S2. The number of hydrogen-bond donors (Lipinski definition) is 2. The Morgan fingerprint density at radius 1 is 0.964 bits per heavy atom. The summed E-state index contributed by atoms with van der Waals surface area (Å²) in [5.41, 5.74) is 2.83. The lowest BCUT2D eigenvalue weighted by Gasteiger charge is -2.18. The number of carbonyl (C=O) groups is 1. The number of nitrogens with one attached hydrogen (secondary N) is 2. The number of sulfonamides is 2. The van der Waals surface area contributed by atoms with Gasteiger partial charge in [-0.2, -0.15) is 4.31 Å². The maximum Gasteiger partial charge on any atom is 0.257 e. The second-order valence-electron chi connectivity index (χ2n) is 5.78.